The highest BCUT2D eigenvalue weighted by Gasteiger charge is 2.12. The molecule has 0 atom stereocenters. The van der Waals surface area contributed by atoms with E-state index in [9.17, 15) is 0 Å². The minimum atomic E-state index is 0.775. The fourth-order valence-corrected chi connectivity index (χ4v) is 2.71. The average molecular weight is 248 g/mol. The molecule has 0 fully saturated rings. The Morgan fingerprint density at radius 1 is 1.31 bits per heavy atom. The van der Waals surface area contributed by atoms with Gasteiger partial charge in [-0.2, -0.15) is 0 Å². The molecule has 0 aliphatic carbocycles. The van der Waals surface area contributed by atoms with Crippen molar-refractivity contribution in [3.63, 3.8) is 0 Å². The summed E-state index contributed by atoms with van der Waals surface area (Å²) in [6.07, 6.45) is 3.63. The van der Waals surface area contributed by atoms with E-state index in [2.05, 4.69) is 9.97 Å². The maximum Gasteiger partial charge on any atom is 0.188 e. The molecule has 3 aromatic heterocycles. The quantitative estimate of drug-likeness (QED) is 0.512. The SMILES string of the molecule is CSc1nc(-c2ccco2)c2sccc2n1. The van der Waals surface area contributed by atoms with Gasteiger partial charge in [-0.3, -0.25) is 0 Å². The van der Waals surface area contributed by atoms with Crippen LogP contribution < -0.4 is 0 Å². The molecule has 0 unspecified atom stereocenters. The summed E-state index contributed by atoms with van der Waals surface area (Å²) in [7, 11) is 0. The van der Waals surface area contributed by atoms with Crippen molar-refractivity contribution in [2.45, 2.75) is 5.16 Å². The Bertz CT molecular complexity index is 616. The van der Waals surface area contributed by atoms with Crippen LogP contribution in [0, 0.1) is 0 Å². The Labute approximate surface area is 101 Å². The number of hydrogen-bond donors (Lipinski definition) is 0. The molecule has 0 amide bonds. The van der Waals surface area contributed by atoms with Gasteiger partial charge >= 0.3 is 0 Å². The Kier molecular flexibility index (Phi) is 2.41. The third kappa shape index (κ3) is 1.52. The first-order chi connectivity index (χ1) is 7.88. The number of nitrogens with zero attached hydrogens (tertiary/aromatic N) is 2. The van der Waals surface area contributed by atoms with E-state index >= 15 is 0 Å². The van der Waals surface area contributed by atoms with Crippen molar-refractivity contribution < 1.29 is 4.42 Å². The fraction of sp³-hybridized carbons (Fsp3) is 0.0909. The molecule has 0 spiro atoms. The second-order valence-corrected chi connectivity index (χ2v) is 4.86. The highest BCUT2D eigenvalue weighted by molar-refractivity contribution is 7.98. The van der Waals surface area contributed by atoms with Gasteiger partial charge in [0.15, 0.2) is 10.9 Å². The highest BCUT2D eigenvalue weighted by atomic mass is 32.2. The van der Waals surface area contributed by atoms with Crippen LogP contribution in [0.1, 0.15) is 0 Å². The van der Waals surface area contributed by atoms with Gasteiger partial charge in [-0.1, -0.05) is 11.8 Å². The molecule has 0 aliphatic heterocycles. The topological polar surface area (TPSA) is 38.9 Å². The summed E-state index contributed by atoms with van der Waals surface area (Å²) < 4.78 is 6.48. The molecule has 0 aromatic carbocycles. The lowest BCUT2D eigenvalue weighted by Gasteiger charge is -2.01. The molecule has 3 nitrogen and oxygen atoms in total. The standard InChI is InChI=1S/C11H8N2OS2/c1-15-11-12-7-4-6-16-10(7)9(13-11)8-3-2-5-14-8/h2-6H,1H3. The van der Waals surface area contributed by atoms with Gasteiger partial charge in [0.05, 0.1) is 16.5 Å². The van der Waals surface area contributed by atoms with Crippen molar-refractivity contribution in [3.8, 4) is 11.5 Å². The van der Waals surface area contributed by atoms with E-state index in [0.717, 1.165) is 26.8 Å². The van der Waals surface area contributed by atoms with Gasteiger partial charge in [0.25, 0.3) is 0 Å². The van der Waals surface area contributed by atoms with Gasteiger partial charge in [-0.15, -0.1) is 11.3 Å². The summed E-state index contributed by atoms with van der Waals surface area (Å²) in [5, 5.41) is 2.80. The number of rotatable bonds is 2. The third-order valence-corrected chi connectivity index (χ3v) is 3.68. The van der Waals surface area contributed by atoms with Crippen molar-refractivity contribution in [3.05, 3.63) is 29.8 Å². The molecule has 0 radical (unpaired) electrons. The molecular formula is C11H8N2OS2. The van der Waals surface area contributed by atoms with Crippen LogP contribution in [-0.4, -0.2) is 16.2 Å². The molecule has 0 N–H and O–H groups in total. The number of fused-ring (bicyclic) bond motifs is 1. The van der Waals surface area contributed by atoms with E-state index in [0.29, 0.717) is 0 Å². The van der Waals surface area contributed by atoms with Crippen LogP contribution in [0.2, 0.25) is 0 Å². The largest absolute Gasteiger partial charge is 0.463 e. The van der Waals surface area contributed by atoms with Crippen LogP contribution >= 0.6 is 23.1 Å². The highest BCUT2D eigenvalue weighted by Crippen LogP contribution is 2.31. The smallest absolute Gasteiger partial charge is 0.188 e. The number of furan rings is 1. The predicted octanol–water partition coefficient (Wildman–Crippen LogP) is 3.67. The van der Waals surface area contributed by atoms with Gasteiger partial charge in [0.1, 0.15) is 5.69 Å². The van der Waals surface area contributed by atoms with Gasteiger partial charge in [0, 0.05) is 0 Å². The molecular weight excluding hydrogens is 240 g/mol. The zero-order chi connectivity index (χ0) is 11.0. The van der Waals surface area contributed by atoms with Gasteiger partial charge in [-0.05, 0) is 29.8 Å². The number of thiophene rings is 1. The van der Waals surface area contributed by atoms with Crippen molar-refractivity contribution in [2.24, 2.45) is 0 Å². The zero-order valence-electron chi connectivity index (χ0n) is 8.51. The number of thioether (sulfide) groups is 1. The zero-order valence-corrected chi connectivity index (χ0v) is 10.1. The number of aromatic nitrogens is 2. The average Bonchev–Trinajstić information content (AvgIpc) is 2.98. The summed E-state index contributed by atoms with van der Waals surface area (Å²) in [5.74, 6) is 0.796. The lowest BCUT2D eigenvalue weighted by molar-refractivity contribution is 0.580. The molecule has 0 bridgehead atoms. The number of hydrogen-bond acceptors (Lipinski definition) is 5. The fourth-order valence-electron chi connectivity index (χ4n) is 1.51. The van der Waals surface area contributed by atoms with E-state index in [1.807, 2.05) is 29.8 Å². The Morgan fingerprint density at radius 3 is 3.00 bits per heavy atom. The van der Waals surface area contributed by atoms with Crippen LogP contribution in [0.3, 0.4) is 0 Å². The molecule has 0 saturated heterocycles. The third-order valence-electron chi connectivity index (χ3n) is 2.22. The molecule has 3 rings (SSSR count). The monoisotopic (exact) mass is 248 g/mol. The Morgan fingerprint density at radius 2 is 2.25 bits per heavy atom. The van der Waals surface area contributed by atoms with Crippen molar-refractivity contribution in [2.75, 3.05) is 6.26 Å². The maximum absolute atomic E-state index is 5.40. The first-order valence-electron chi connectivity index (χ1n) is 4.71. The van der Waals surface area contributed by atoms with Crippen molar-refractivity contribution >= 4 is 33.3 Å². The molecule has 0 saturated carbocycles. The van der Waals surface area contributed by atoms with Crippen LogP contribution in [0.5, 0.6) is 0 Å². The molecule has 3 heterocycles. The summed E-state index contributed by atoms with van der Waals surface area (Å²) in [6, 6.07) is 5.80. The summed E-state index contributed by atoms with van der Waals surface area (Å²) in [5.41, 5.74) is 1.87. The van der Waals surface area contributed by atoms with E-state index in [-0.39, 0.29) is 0 Å². The van der Waals surface area contributed by atoms with E-state index in [1.165, 1.54) is 11.8 Å². The summed E-state index contributed by atoms with van der Waals surface area (Å²) >= 11 is 3.18. The molecule has 3 aromatic rings. The first-order valence-corrected chi connectivity index (χ1v) is 6.82. The maximum atomic E-state index is 5.40. The van der Waals surface area contributed by atoms with Crippen LogP contribution in [0.15, 0.2) is 39.4 Å². The lowest BCUT2D eigenvalue weighted by atomic mass is 10.3. The molecule has 0 aliphatic rings. The molecule has 5 heteroatoms. The Hall–Kier alpha value is -1.33. The second kappa shape index (κ2) is 3.92. The van der Waals surface area contributed by atoms with Crippen molar-refractivity contribution in [1.29, 1.82) is 0 Å². The van der Waals surface area contributed by atoms with E-state index in [1.54, 1.807) is 17.6 Å². The normalized spacial score (nSPS) is 11.1. The van der Waals surface area contributed by atoms with Crippen LogP contribution in [0.25, 0.3) is 21.7 Å². The first kappa shape index (κ1) is 9.86. The van der Waals surface area contributed by atoms with Gasteiger partial charge < -0.3 is 4.42 Å². The van der Waals surface area contributed by atoms with Crippen LogP contribution in [0.4, 0.5) is 0 Å². The van der Waals surface area contributed by atoms with Crippen molar-refractivity contribution in [1.82, 2.24) is 9.97 Å². The van der Waals surface area contributed by atoms with Gasteiger partial charge in [-0.25, -0.2) is 9.97 Å². The second-order valence-electron chi connectivity index (χ2n) is 3.17. The molecule has 16 heavy (non-hydrogen) atoms. The summed E-state index contributed by atoms with van der Waals surface area (Å²) in [4.78, 5) is 8.95. The van der Waals surface area contributed by atoms with Crippen LogP contribution in [-0.2, 0) is 0 Å². The Balaban J connectivity index is 2.33. The lowest BCUT2D eigenvalue weighted by Crippen LogP contribution is -1.89. The minimum Gasteiger partial charge on any atom is -0.463 e. The van der Waals surface area contributed by atoms with Gasteiger partial charge in [0.2, 0.25) is 0 Å². The van der Waals surface area contributed by atoms with E-state index in [4.69, 9.17) is 4.42 Å². The predicted molar refractivity (Wildman–Crippen MR) is 66.9 cm³/mol. The minimum absolute atomic E-state index is 0.775. The molecule has 80 valence electrons. The van der Waals surface area contributed by atoms with E-state index < -0.39 is 0 Å². The summed E-state index contributed by atoms with van der Waals surface area (Å²) in [6.45, 7) is 0.